The molecular weight excluding hydrogens is 198 g/mol. The van der Waals surface area contributed by atoms with Gasteiger partial charge in [0.2, 0.25) is 0 Å². The number of phenols is 1. The maximum Gasteiger partial charge on any atom is 0.124 e. The Morgan fingerprint density at radius 2 is 2.29 bits per heavy atom. The monoisotopic (exact) mass is 211 g/mol. The lowest BCUT2D eigenvalue weighted by molar-refractivity contribution is 0.453. The number of phenolic OH excluding ortho intramolecular Hbond substituents is 1. The van der Waals surface area contributed by atoms with Gasteiger partial charge in [-0.05, 0) is 32.4 Å². The fourth-order valence-corrected chi connectivity index (χ4v) is 2.08. The fourth-order valence-electron chi connectivity index (χ4n) is 1.93. The van der Waals surface area contributed by atoms with Crippen molar-refractivity contribution in [2.45, 2.75) is 25.8 Å². The molecule has 1 heterocycles. The number of benzene rings is 1. The molecule has 1 fully saturated rings. The van der Waals surface area contributed by atoms with Gasteiger partial charge in [0, 0.05) is 22.2 Å². The van der Waals surface area contributed by atoms with Crippen molar-refractivity contribution < 1.29 is 5.11 Å². The van der Waals surface area contributed by atoms with Crippen LogP contribution in [-0.4, -0.2) is 11.7 Å². The summed E-state index contributed by atoms with van der Waals surface area (Å²) in [5, 5.41) is 13.9. The van der Waals surface area contributed by atoms with Crippen molar-refractivity contribution in [2.75, 3.05) is 6.54 Å². The zero-order chi connectivity index (χ0) is 10.1. The Labute approximate surface area is 88.9 Å². The fraction of sp³-hybridized carbons (Fsp3) is 0.455. The number of aromatic hydroxyl groups is 1. The van der Waals surface area contributed by atoms with Gasteiger partial charge >= 0.3 is 0 Å². The maximum absolute atomic E-state index is 9.91. The predicted molar refractivity (Wildman–Crippen MR) is 57.8 cm³/mol. The van der Waals surface area contributed by atoms with Gasteiger partial charge in [-0.15, -0.1) is 0 Å². The molecule has 76 valence electrons. The van der Waals surface area contributed by atoms with E-state index in [4.69, 9.17) is 11.6 Å². The van der Waals surface area contributed by atoms with Crippen molar-refractivity contribution in [3.8, 4) is 5.75 Å². The van der Waals surface area contributed by atoms with Crippen molar-refractivity contribution in [1.29, 1.82) is 0 Å². The molecular formula is C11H14ClNO. The van der Waals surface area contributed by atoms with Gasteiger partial charge in [0.15, 0.2) is 0 Å². The van der Waals surface area contributed by atoms with E-state index in [-0.39, 0.29) is 0 Å². The molecule has 1 aromatic carbocycles. The highest BCUT2D eigenvalue weighted by Crippen LogP contribution is 2.35. The minimum Gasteiger partial charge on any atom is -0.507 e. The van der Waals surface area contributed by atoms with Crippen molar-refractivity contribution >= 4 is 11.6 Å². The number of halogens is 1. The Morgan fingerprint density at radius 1 is 1.50 bits per heavy atom. The van der Waals surface area contributed by atoms with Gasteiger partial charge in [0.05, 0.1) is 0 Å². The molecule has 2 rings (SSSR count). The summed E-state index contributed by atoms with van der Waals surface area (Å²) in [5.41, 5.74) is 1.75. The normalized spacial score (nSPS) is 21.4. The molecule has 0 saturated carbocycles. The Bertz CT molecular complexity index is 345. The first-order valence-corrected chi connectivity index (χ1v) is 5.29. The molecule has 2 N–H and O–H groups in total. The lowest BCUT2D eigenvalue weighted by atomic mass is 10.0. The molecule has 0 radical (unpaired) electrons. The minimum atomic E-state index is 0.297. The van der Waals surface area contributed by atoms with E-state index in [0.717, 1.165) is 24.1 Å². The first-order valence-electron chi connectivity index (χ1n) is 4.91. The van der Waals surface area contributed by atoms with E-state index in [1.807, 2.05) is 19.1 Å². The molecule has 0 amide bonds. The highest BCUT2D eigenvalue weighted by atomic mass is 35.5. The van der Waals surface area contributed by atoms with Crippen LogP contribution in [0.4, 0.5) is 0 Å². The maximum atomic E-state index is 9.91. The van der Waals surface area contributed by atoms with Gasteiger partial charge < -0.3 is 10.4 Å². The molecule has 3 heteroatoms. The molecule has 0 spiro atoms. The second kappa shape index (κ2) is 3.79. The van der Waals surface area contributed by atoms with Crippen LogP contribution in [0.25, 0.3) is 0 Å². The van der Waals surface area contributed by atoms with Crippen molar-refractivity contribution in [3.63, 3.8) is 0 Å². The summed E-state index contributed by atoms with van der Waals surface area (Å²) in [7, 11) is 0. The summed E-state index contributed by atoms with van der Waals surface area (Å²) in [5.74, 6) is 0.344. The van der Waals surface area contributed by atoms with Crippen LogP contribution in [0.1, 0.15) is 30.0 Å². The van der Waals surface area contributed by atoms with Crippen molar-refractivity contribution in [3.05, 3.63) is 28.3 Å². The third-order valence-electron chi connectivity index (χ3n) is 2.83. The van der Waals surface area contributed by atoms with Gasteiger partial charge in [-0.3, -0.25) is 0 Å². The van der Waals surface area contributed by atoms with Gasteiger partial charge in [-0.1, -0.05) is 17.7 Å². The Kier molecular flexibility index (Phi) is 2.66. The average Bonchev–Trinajstić information content (AvgIpc) is 2.67. The third-order valence-corrected chi connectivity index (χ3v) is 3.24. The Balaban J connectivity index is 2.38. The van der Waals surface area contributed by atoms with E-state index >= 15 is 0 Å². The number of rotatable bonds is 1. The molecule has 0 aromatic heterocycles. The molecule has 14 heavy (non-hydrogen) atoms. The molecule has 0 unspecified atom stereocenters. The van der Waals surface area contributed by atoms with Crippen LogP contribution >= 0.6 is 11.6 Å². The van der Waals surface area contributed by atoms with Crippen LogP contribution in [0.15, 0.2) is 12.1 Å². The molecule has 1 aliphatic rings. The average molecular weight is 212 g/mol. The van der Waals surface area contributed by atoms with E-state index in [0.29, 0.717) is 16.8 Å². The SMILES string of the molecule is Cc1c(Cl)ccc([C@@H]2CCCN2)c1O. The van der Waals surface area contributed by atoms with Crippen LogP contribution in [0.5, 0.6) is 5.75 Å². The summed E-state index contributed by atoms with van der Waals surface area (Å²) in [6.45, 7) is 2.88. The highest BCUT2D eigenvalue weighted by molar-refractivity contribution is 6.31. The van der Waals surface area contributed by atoms with E-state index in [1.165, 1.54) is 6.42 Å². The highest BCUT2D eigenvalue weighted by Gasteiger charge is 2.20. The van der Waals surface area contributed by atoms with E-state index in [2.05, 4.69) is 5.32 Å². The van der Waals surface area contributed by atoms with Gasteiger partial charge in [0.1, 0.15) is 5.75 Å². The number of hydrogen-bond donors (Lipinski definition) is 2. The van der Waals surface area contributed by atoms with Crippen LogP contribution in [0.3, 0.4) is 0 Å². The largest absolute Gasteiger partial charge is 0.507 e. The smallest absolute Gasteiger partial charge is 0.124 e. The van der Waals surface area contributed by atoms with Crippen LogP contribution in [0, 0.1) is 6.92 Å². The predicted octanol–water partition coefficient (Wildman–Crippen LogP) is 2.78. The lowest BCUT2D eigenvalue weighted by Gasteiger charge is -2.14. The second-order valence-corrected chi connectivity index (χ2v) is 4.17. The zero-order valence-electron chi connectivity index (χ0n) is 8.18. The summed E-state index contributed by atoms with van der Waals surface area (Å²) in [6, 6.07) is 4.06. The molecule has 0 aliphatic carbocycles. The van der Waals surface area contributed by atoms with Crippen LogP contribution < -0.4 is 5.32 Å². The quantitative estimate of drug-likeness (QED) is 0.749. The van der Waals surface area contributed by atoms with Gasteiger partial charge in [0.25, 0.3) is 0 Å². The van der Waals surface area contributed by atoms with E-state index in [1.54, 1.807) is 0 Å². The van der Waals surface area contributed by atoms with Crippen molar-refractivity contribution in [1.82, 2.24) is 5.32 Å². The molecule has 1 aromatic rings. The summed E-state index contributed by atoms with van der Waals surface area (Å²) in [4.78, 5) is 0. The van der Waals surface area contributed by atoms with Crippen molar-refractivity contribution in [2.24, 2.45) is 0 Å². The number of nitrogens with one attached hydrogen (secondary N) is 1. The first kappa shape index (κ1) is 9.81. The Morgan fingerprint density at radius 3 is 2.93 bits per heavy atom. The first-order chi connectivity index (χ1) is 6.70. The zero-order valence-corrected chi connectivity index (χ0v) is 8.93. The lowest BCUT2D eigenvalue weighted by Crippen LogP contribution is -2.13. The minimum absolute atomic E-state index is 0.297. The van der Waals surface area contributed by atoms with Gasteiger partial charge in [-0.25, -0.2) is 0 Å². The van der Waals surface area contributed by atoms with Crippen LogP contribution in [-0.2, 0) is 0 Å². The van der Waals surface area contributed by atoms with Crippen LogP contribution in [0.2, 0.25) is 5.02 Å². The van der Waals surface area contributed by atoms with Gasteiger partial charge in [-0.2, -0.15) is 0 Å². The molecule has 2 nitrogen and oxygen atoms in total. The Hall–Kier alpha value is -0.730. The second-order valence-electron chi connectivity index (χ2n) is 3.76. The molecule has 0 bridgehead atoms. The molecule has 1 atom stereocenters. The summed E-state index contributed by atoms with van der Waals surface area (Å²) >= 11 is 5.91. The van der Waals surface area contributed by atoms with E-state index in [9.17, 15) is 5.11 Å². The molecule has 1 saturated heterocycles. The molecule has 1 aliphatic heterocycles. The third kappa shape index (κ3) is 1.60. The topological polar surface area (TPSA) is 32.3 Å². The number of hydrogen-bond acceptors (Lipinski definition) is 2. The summed E-state index contributed by atoms with van der Waals surface area (Å²) < 4.78 is 0. The summed E-state index contributed by atoms with van der Waals surface area (Å²) in [6.07, 6.45) is 2.26. The standard InChI is InChI=1S/C11H14ClNO/c1-7-9(12)5-4-8(11(7)14)10-3-2-6-13-10/h4-5,10,13-14H,2-3,6H2,1H3/t10-/m0/s1. The van der Waals surface area contributed by atoms with E-state index < -0.39 is 0 Å².